The van der Waals surface area contributed by atoms with Crippen LogP contribution in [0.1, 0.15) is 30.5 Å². The third-order valence-electron chi connectivity index (χ3n) is 4.14. The number of carbonyl (C=O) groups is 1. The minimum absolute atomic E-state index is 0.0441. The number of aliphatic imine (C=N–C) groups is 1. The van der Waals surface area contributed by atoms with Gasteiger partial charge in [0, 0.05) is 11.8 Å². The van der Waals surface area contributed by atoms with Crippen LogP contribution in [0.25, 0.3) is 6.08 Å². The SMILES string of the molecule is CCCOc1cccc(/C=C/C(=O)NC2=NC(c3ccc(OC)cc3)CS2)c1. The molecule has 3 rings (SSSR count). The van der Waals surface area contributed by atoms with E-state index in [2.05, 4.69) is 17.2 Å². The highest BCUT2D eigenvalue weighted by Gasteiger charge is 2.20. The minimum Gasteiger partial charge on any atom is -0.497 e. The third-order valence-corrected chi connectivity index (χ3v) is 5.10. The number of thioether (sulfide) groups is 1. The number of nitrogens with zero attached hydrogens (tertiary/aromatic N) is 1. The molecule has 0 saturated carbocycles. The van der Waals surface area contributed by atoms with E-state index in [4.69, 9.17) is 9.47 Å². The topological polar surface area (TPSA) is 59.9 Å². The Morgan fingerprint density at radius 1 is 1.25 bits per heavy atom. The average Bonchev–Trinajstić information content (AvgIpc) is 3.19. The van der Waals surface area contributed by atoms with Crippen LogP contribution in [0.5, 0.6) is 11.5 Å². The van der Waals surface area contributed by atoms with Gasteiger partial charge in [0.2, 0.25) is 5.91 Å². The molecular weight excluding hydrogens is 372 g/mol. The van der Waals surface area contributed by atoms with Gasteiger partial charge in [-0.2, -0.15) is 0 Å². The number of rotatable bonds is 7. The van der Waals surface area contributed by atoms with Gasteiger partial charge < -0.3 is 14.8 Å². The Bertz CT molecular complexity index is 862. The molecule has 0 bridgehead atoms. The first-order chi connectivity index (χ1) is 13.7. The van der Waals surface area contributed by atoms with E-state index >= 15 is 0 Å². The quantitative estimate of drug-likeness (QED) is 0.702. The lowest BCUT2D eigenvalue weighted by atomic mass is 10.1. The van der Waals surface area contributed by atoms with Crippen LogP contribution < -0.4 is 14.8 Å². The van der Waals surface area contributed by atoms with Gasteiger partial charge in [-0.3, -0.25) is 9.79 Å². The Morgan fingerprint density at radius 2 is 2.07 bits per heavy atom. The first kappa shape index (κ1) is 20.0. The summed E-state index contributed by atoms with van der Waals surface area (Å²) in [4.78, 5) is 16.8. The van der Waals surface area contributed by atoms with Crippen LogP contribution in [-0.2, 0) is 4.79 Å². The third kappa shape index (κ3) is 5.63. The fourth-order valence-electron chi connectivity index (χ4n) is 2.69. The summed E-state index contributed by atoms with van der Waals surface area (Å²) in [5, 5.41) is 3.50. The molecule has 1 aliphatic heterocycles. The van der Waals surface area contributed by atoms with Gasteiger partial charge in [0.05, 0.1) is 19.8 Å². The highest BCUT2D eigenvalue weighted by molar-refractivity contribution is 8.14. The van der Waals surface area contributed by atoms with Gasteiger partial charge >= 0.3 is 0 Å². The molecule has 0 aromatic heterocycles. The maximum absolute atomic E-state index is 12.2. The lowest BCUT2D eigenvalue weighted by molar-refractivity contribution is -0.115. The summed E-state index contributed by atoms with van der Waals surface area (Å²) in [6.07, 6.45) is 4.25. The molecule has 1 unspecified atom stereocenters. The van der Waals surface area contributed by atoms with E-state index in [1.807, 2.05) is 48.5 Å². The maximum atomic E-state index is 12.2. The molecule has 0 radical (unpaired) electrons. The van der Waals surface area contributed by atoms with Crippen LogP contribution in [0, 0.1) is 0 Å². The Hall–Kier alpha value is -2.73. The van der Waals surface area contributed by atoms with E-state index in [0.717, 1.165) is 34.8 Å². The number of nitrogens with one attached hydrogen (secondary N) is 1. The molecule has 2 aromatic rings. The van der Waals surface area contributed by atoms with Crippen LogP contribution in [0.15, 0.2) is 59.6 Å². The second-order valence-electron chi connectivity index (χ2n) is 6.28. The van der Waals surface area contributed by atoms with Crippen molar-refractivity contribution < 1.29 is 14.3 Å². The largest absolute Gasteiger partial charge is 0.497 e. The number of carbonyl (C=O) groups excluding carboxylic acids is 1. The van der Waals surface area contributed by atoms with Crippen LogP contribution in [0.2, 0.25) is 0 Å². The Kier molecular flexibility index (Phi) is 7.14. The summed E-state index contributed by atoms with van der Waals surface area (Å²) in [5.74, 6) is 2.24. The Balaban J connectivity index is 1.56. The Labute approximate surface area is 169 Å². The molecule has 1 aliphatic rings. The van der Waals surface area contributed by atoms with Crippen molar-refractivity contribution in [2.75, 3.05) is 19.5 Å². The number of hydrogen-bond donors (Lipinski definition) is 1. The number of amides is 1. The van der Waals surface area contributed by atoms with Gasteiger partial charge in [-0.15, -0.1) is 0 Å². The zero-order valence-electron chi connectivity index (χ0n) is 16.1. The number of ether oxygens (including phenoxy) is 2. The standard InChI is InChI=1S/C22H24N2O3S/c1-3-13-27-19-6-4-5-16(14-19)7-12-21(25)24-22-23-20(15-28-22)17-8-10-18(26-2)11-9-17/h4-12,14,20H,3,13,15H2,1-2H3,(H,23,24,25)/b12-7+. The lowest BCUT2D eigenvalue weighted by Gasteiger charge is -2.06. The lowest BCUT2D eigenvalue weighted by Crippen LogP contribution is -2.25. The molecule has 1 amide bonds. The number of amidine groups is 1. The number of methoxy groups -OCH3 is 1. The van der Waals surface area contributed by atoms with Crippen molar-refractivity contribution >= 4 is 28.9 Å². The zero-order valence-corrected chi connectivity index (χ0v) is 16.9. The van der Waals surface area contributed by atoms with E-state index in [1.165, 1.54) is 6.08 Å². The molecular formula is C22H24N2O3S. The van der Waals surface area contributed by atoms with E-state index in [1.54, 1.807) is 24.9 Å². The van der Waals surface area contributed by atoms with E-state index < -0.39 is 0 Å². The summed E-state index contributed by atoms with van der Waals surface area (Å²) >= 11 is 1.55. The van der Waals surface area contributed by atoms with Crippen molar-refractivity contribution in [2.45, 2.75) is 19.4 Å². The molecule has 0 aliphatic carbocycles. The van der Waals surface area contributed by atoms with Gasteiger partial charge in [-0.05, 0) is 47.9 Å². The molecule has 1 N–H and O–H groups in total. The Morgan fingerprint density at radius 3 is 2.82 bits per heavy atom. The molecule has 0 spiro atoms. The monoisotopic (exact) mass is 396 g/mol. The highest BCUT2D eigenvalue weighted by Crippen LogP contribution is 2.30. The average molecular weight is 397 g/mol. The maximum Gasteiger partial charge on any atom is 0.249 e. The molecule has 5 nitrogen and oxygen atoms in total. The van der Waals surface area contributed by atoms with Gasteiger partial charge in [0.15, 0.2) is 5.17 Å². The van der Waals surface area contributed by atoms with Crippen molar-refractivity contribution in [3.8, 4) is 11.5 Å². The summed E-state index contributed by atoms with van der Waals surface area (Å²) in [5.41, 5.74) is 2.03. The number of hydrogen-bond acceptors (Lipinski definition) is 5. The molecule has 1 atom stereocenters. The molecule has 2 aromatic carbocycles. The summed E-state index contributed by atoms with van der Waals surface area (Å²) < 4.78 is 10.8. The van der Waals surface area contributed by atoms with Crippen LogP contribution in [0.3, 0.4) is 0 Å². The van der Waals surface area contributed by atoms with Crippen LogP contribution in [0.4, 0.5) is 0 Å². The molecule has 1 heterocycles. The zero-order chi connectivity index (χ0) is 19.8. The molecule has 146 valence electrons. The second kappa shape index (κ2) is 9.99. The van der Waals surface area contributed by atoms with E-state index in [0.29, 0.717) is 11.8 Å². The van der Waals surface area contributed by atoms with Crippen molar-refractivity contribution in [3.05, 3.63) is 65.7 Å². The van der Waals surface area contributed by atoms with E-state index in [-0.39, 0.29) is 11.9 Å². The number of benzene rings is 2. The van der Waals surface area contributed by atoms with Crippen molar-refractivity contribution in [3.63, 3.8) is 0 Å². The molecule has 0 fully saturated rings. The highest BCUT2D eigenvalue weighted by atomic mass is 32.2. The van der Waals surface area contributed by atoms with Crippen molar-refractivity contribution in [2.24, 2.45) is 4.99 Å². The molecule has 0 saturated heterocycles. The normalized spacial score (nSPS) is 16.1. The fourth-order valence-corrected chi connectivity index (χ4v) is 3.64. The van der Waals surface area contributed by atoms with Crippen LogP contribution in [-0.4, -0.2) is 30.5 Å². The van der Waals surface area contributed by atoms with Gasteiger partial charge in [-0.1, -0.05) is 43.0 Å². The first-order valence-electron chi connectivity index (χ1n) is 9.24. The predicted octanol–water partition coefficient (Wildman–Crippen LogP) is 4.46. The predicted molar refractivity (Wildman–Crippen MR) is 115 cm³/mol. The van der Waals surface area contributed by atoms with Crippen LogP contribution >= 0.6 is 11.8 Å². The summed E-state index contributed by atoms with van der Waals surface area (Å²) in [7, 11) is 1.65. The minimum atomic E-state index is -0.193. The second-order valence-corrected chi connectivity index (χ2v) is 7.29. The van der Waals surface area contributed by atoms with Gasteiger partial charge in [0.25, 0.3) is 0 Å². The first-order valence-corrected chi connectivity index (χ1v) is 10.2. The van der Waals surface area contributed by atoms with Crippen molar-refractivity contribution in [1.82, 2.24) is 5.32 Å². The van der Waals surface area contributed by atoms with E-state index in [9.17, 15) is 4.79 Å². The smallest absolute Gasteiger partial charge is 0.249 e. The molecule has 28 heavy (non-hydrogen) atoms. The van der Waals surface area contributed by atoms with Gasteiger partial charge in [-0.25, -0.2) is 0 Å². The van der Waals surface area contributed by atoms with Crippen molar-refractivity contribution in [1.29, 1.82) is 0 Å². The van der Waals surface area contributed by atoms with Gasteiger partial charge in [0.1, 0.15) is 11.5 Å². The molecule has 6 heteroatoms. The fraction of sp³-hybridized carbons (Fsp3) is 0.273. The summed E-state index contributed by atoms with van der Waals surface area (Å²) in [6, 6.07) is 15.6. The summed E-state index contributed by atoms with van der Waals surface area (Å²) in [6.45, 7) is 2.75.